The van der Waals surface area contributed by atoms with Crippen molar-refractivity contribution in [1.29, 1.82) is 0 Å². The van der Waals surface area contributed by atoms with Gasteiger partial charge in [-0.3, -0.25) is 9.69 Å². The lowest BCUT2D eigenvalue weighted by atomic mass is 9.71. The third-order valence-electron chi connectivity index (χ3n) is 6.26. The van der Waals surface area contributed by atoms with E-state index in [-0.39, 0.29) is 6.54 Å². The van der Waals surface area contributed by atoms with Crippen molar-refractivity contribution >= 4 is 5.97 Å². The first-order valence-corrected chi connectivity index (χ1v) is 10.4. The summed E-state index contributed by atoms with van der Waals surface area (Å²) in [5, 5.41) is 12.4. The highest BCUT2D eigenvalue weighted by Gasteiger charge is 2.33. The topological polar surface area (TPSA) is 52.6 Å². The average Bonchev–Trinajstić information content (AvgIpc) is 2.61. The van der Waals surface area contributed by atoms with E-state index in [0.717, 1.165) is 31.8 Å². The maximum Gasteiger partial charge on any atom is 0.317 e. The quantitative estimate of drug-likeness (QED) is 0.583. The Balaban J connectivity index is 1.66. The predicted octanol–water partition coefficient (Wildman–Crippen LogP) is 4.07. The van der Waals surface area contributed by atoms with E-state index in [1.165, 1.54) is 64.5 Å². The first-order valence-electron chi connectivity index (χ1n) is 10.4. The summed E-state index contributed by atoms with van der Waals surface area (Å²) < 4.78 is 0. The summed E-state index contributed by atoms with van der Waals surface area (Å²) in [5.74, 6) is 0.232. The summed E-state index contributed by atoms with van der Waals surface area (Å²) in [5.41, 5.74) is 0.448. The normalized spacial score (nSPS) is 22.4. The minimum atomic E-state index is -0.695. The van der Waals surface area contributed by atoms with Crippen molar-refractivity contribution in [2.24, 2.45) is 11.3 Å². The molecule has 2 aliphatic heterocycles. The summed E-state index contributed by atoms with van der Waals surface area (Å²) in [6, 6.07) is 0. The lowest BCUT2D eigenvalue weighted by Crippen LogP contribution is -2.42. The molecule has 4 heteroatoms. The molecule has 0 bridgehead atoms. The SMILES string of the molecule is CCCC1(CC/C=C\CCC2CCNCC2)CCN(CC(=O)O)CC1. The number of nitrogens with zero attached hydrogens (tertiary/aromatic N) is 1. The van der Waals surface area contributed by atoms with Crippen LogP contribution in [0.25, 0.3) is 0 Å². The molecular weight excluding hydrogens is 312 g/mol. The number of carboxylic acid groups (broad SMARTS) is 1. The van der Waals surface area contributed by atoms with Crippen LogP contribution in [-0.2, 0) is 4.79 Å². The minimum absolute atomic E-state index is 0.207. The highest BCUT2D eigenvalue weighted by atomic mass is 16.4. The van der Waals surface area contributed by atoms with Gasteiger partial charge < -0.3 is 10.4 Å². The van der Waals surface area contributed by atoms with Gasteiger partial charge in [0.2, 0.25) is 0 Å². The number of hydrogen-bond acceptors (Lipinski definition) is 3. The molecule has 2 fully saturated rings. The van der Waals surface area contributed by atoms with Crippen LogP contribution in [0.5, 0.6) is 0 Å². The molecule has 2 aliphatic rings. The van der Waals surface area contributed by atoms with Crippen molar-refractivity contribution in [3.05, 3.63) is 12.2 Å². The molecule has 0 saturated carbocycles. The van der Waals surface area contributed by atoms with Gasteiger partial charge in [0.25, 0.3) is 0 Å². The largest absolute Gasteiger partial charge is 0.480 e. The Kier molecular flexibility index (Phi) is 8.97. The minimum Gasteiger partial charge on any atom is -0.480 e. The zero-order valence-corrected chi connectivity index (χ0v) is 16.1. The summed E-state index contributed by atoms with van der Waals surface area (Å²) in [7, 11) is 0. The van der Waals surface area contributed by atoms with E-state index >= 15 is 0 Å². The van der Waals surface area contributed by atoms with Crippen LogP contribution in [0, 0.1) is 11.3 Å². The molecule has 25 heavy (non-hydrogen) atoms. The fraction of sp³-hybridized carbons (Fsp3) is 0.857. The first kappa shape index (κ1) is 20.4. The van der Waals surface area contributed by atoms with E-state index in [0.29, 0.717) is 5.41 Å². The van der Waals surface area contributed by atoms with Crippen LogP contribution in [-0.4, -0.2) is 48.7 Å². The Bertz CT molecular complexity index is 408. The van der Waals surface area contributed by atoms with Gasteiger partial charge in [-0.2, -0.15) is 0 Å². The monoisotopic (exact) mass is 350 g/mol. The second-order valence-electron chi connectivity index (χ2n) is 8.20. The lowest BCUT2D eigenvalue weighted by molar-refractivity contribution is -0.139. The zero-order chi connectivity index (χ0) is 18.0. The summed E-state index contributed by atoms with van der Waals surface area (Å²) >= 11 is 0. The molecule has 0 amide bonds. The molecule has 4 nitrogen and oxygen atoms in total. The second kappa shape index (κ2) is 11.0. The van der Waals surface area contributed by atoms with Crippen molar-refractivity contribution in [2.45, 2.75) is 71.1 Å². The summed E-state index contributed by atoms with van der Waals surface area (Å²) in [6.07, 6.45) is 17.4. The Labute approximate surface area is 154 Å². The van der Waals surface area contributed by atoms with Gasteiger partial charge in [0, 0.05) is 0 Å². The molecule has 2 heterocycles. The van der Waals surface area contributed by atoms with E-state index in [9.17, 15) is 4.79 Å². The average molecular weight is 351 g/mol. The number of piperidine rings is 2. The molecule has 0 aromatic heterocycles. The second-order valence-corrected chi connectivity index (χ2v) is 8.20. The van der Waals surface area contributed by atoms with Crippen molar-refractivity contribution in [1.82, 2.24) is 10.2 Å². The van der Waals surface area contributed by atoms with Gasteiger partial charge >= 0.3 is 5.97 Å². The molecule has 0 unspecified atom stereocenters. The lowest BCUT2D eigenvalue weighted by Gasteiger charge is -2.41. The van der Waals surface area contributed by atoms with Crippen LogP contribution >= 0.6 is 0 Å². The van der Waals surface area contributed by atoms with Crippen molar-refractivity contribution in [2.75, 3.05) is 32.7 Å². The van der Waals surface area contributed by atoms with E-state index in [1.807, 2.05) is 0 Å². The number of allylic oxidation sites excluding steroid dienone is 2. The number of aliphatic carboxylic acids is 1. The molecule has 2 rings (SSSR count). The number of likely N-dealkylation sites (tertiary alicyclic amines) is 1. The Morgan fingerprint density at radius 2 is 1.84 bits per heavy atom. The first-order chi connectivity index (χ1) is 12.1. The van der Waals surface area contributed by atoms with Gasteiger partial charge in [-0.25, -0.2) is 0 Å². The highest BCUT2D eigenvalue weighted by Crippen LogP contribution is 2.40. The standard InChI is InChI=1S/C21H38N2O2/c1-2-10-21(12-16-23(17-13-21)18-20(24)25)11-6-4-3-5-7-19-8-14-22-15-9-19/h3-4,19,22H,2,5-18H2,1H3,(H,24,25)/b4-3-. The van der Waals surface area contributed by atoms with E-state index in [4.69, 9.17) is 5.11 Å². The molecule has 0 atom stereocenters. The maximum absolute atomic E-state index is 10.9. The third kappa shape index (κ3) is 7.49. The van der Waals surface area contributed by atoms with Crippen LogP contribution in [0.3, 0.4) is 0 Å². The van der Waals surface area contributed by atoms with Gasteiger partial charge in [-0.1, -0.05) is 25.5 Å². The fourth-order valence-electron chi connectivity index (χ4n) is 4.66. The van der Waals surface area contributed by atoms with Gasteiger partial charge in [-0.15, -0.1) is 0 Å². The number of rotatable bonds is 10. The van der Waals surface area contributed by atoms with Gasteiger partial charge in [0.1, 0.15) is 0 Å². The van der Waals surface area contributed by atoms with Crippen LogP contribution < -0.4 is 5.32 Å². The molecule has 0 aliphatic carbocycles. The number of carbonyl (C=O) groups is 1. The number of hydrogen-bond donors (Lipinski definition) is 2. The maximum atomic E-state index is 10.9. The van der Waals surface area contributed by atoms with Gasteiger partial charge in [-0.05, 0) is 95.3 Å². The molecule has 0 aromatic carbocycles. The highest BCUT2D eigenvalue weighted by molar-refractivity contribution is 5.69. The van der Waals surface area contributed by atoms with Crippen molar-refractivity contribution in [3.63, 3.8) is 0 Å². The van der Waals surface area contributed by atoms with Crippen LogP contribution in [0.4, 0.5) is 0 Å². The van der Waals surface area contributed by atoms with Crippen molar-refractivity contribution < 1.29 is 9.90 Å². The molecule has 144 valence electrons. The number of carboxylic acids is 1. The Hall–Kier alpha value is -0.870. The van der Waals surface area contributed by atoms with Gasteiger partial charge in [0.05, 0.1) is 6.54 Å². The Morgan fingerprint density at radius 1 is 1.16 bits per heavy atom. The predicted molar refractivity (Wildman–Crippen MR) is 104 cm³/mol. The molecular formula is C21H38N2O2. The Morgan fingerprint density at radius 3 is 2.48 bits per heavy atom. The molecule has 0 radical (unpaired) electrons. The van der Waals surface area contributed by atoms with Crippen LogP contribution in [0.2, 0.25) is 0 Å². The smallest absolute Gasteiger partial charge is 0.317 e. The van der Waals surface area contributed by atoms with E-state index < -0.39 is 5.97 Å². The van der Waals surface area contributed by atoms with Crippen molar-refractivity contribution in [3.8, 4) is 0 Å². The van der Waals surface area contributed by atoms with Crippen LogP contribution in [0.1, 0.15) is 71.1 Å². The molecule has 0 spiro atoms. The van der Waals surface area contributed by atoms with E-state index in [2.05, 4.69) is 29.3 Å². The third-order valence-corrected chi connectivity index (χ3v) is 6.26. The molecule has 0 aromatic rings. The van der Waals surface area contributed by atoms with E-state index in [1.54, 1.807) is 0 Å². The molecule has 2 N–H and O–H groups in total. The zero-order valence-electron chi connectivity index (χ0n) is 16.1. The van der Waals surface area contributed by atoms with Crippen LogP contribution in [0.15, 0.2) is 12.2 Å². The molecule has 2 saturated heterocycles. The van der Waals surface area contributed by atoms with Gasteiger partial charge in [0.15, 0.2) is 0 Å². The summed E-state index contributed by atoms with van der Waals surface area (Å²) in [4.78, 5) is 13.0. The fourth-order valence-corrected chi connectivity index (χ4v) is 4.66. The number of nitrogens with one attached hydrogen (secondary N) is 1. The summed E-state index contributed by atoms with van der Waals surface area (Å²) in [6.45, 7) is 6.79.